The number of ether oxygens (including phenoxy) is 1. The summed E-state index contributed by atoms with van der Waals surface area (Å²) in [5.74, 6) is 0.899. The molecule has 0 spiro atoms. The van der Waals surface area contributed by atoms with Gasteiger partial charge >= 0.3 is 0 Å². The van der Waals surface area contributed by atoms with E-state index >= 15 is 0 Å². The van der Waals surface area contributed by atoms with Crippen LogP contribution < -0.4 is 21.3 Å². The summed E-state index contributed by atoms with van der Waals surface area (Å²) in [4.78, 5) is 69.5. The first-order valence-electron chi connectivity index (χ1n) is 24.4. The highest BCUT2D eigenvalue weighted by molar-refractivity contribution is 6.30. The quantitative estimate of drug-likeness (QED) is 0.108. The summed E-state index contributed by atoms with van der Waals surface area (Å²) in [6.45, 7) is 13.1. The zero-order chi connectivity index (χ0) is 47.0. The van der Waals surface area contributed by atoms with Crippen molar-refractivity contribution in [2.45, 2.75) is 57.0 Å². The maximum absolute atomic E-state index is 14.2. The van der Waals surface area contributed by atoms with E-state index in [-0.39, 0.29) is 36.0 Å². The normalized spacial score (nSPS) is 19.2. The topological polar surface area (TPSA) is 181 Å². The Morgan fingerprint density at radius 2 is 1.62 bits per heavy atom. The van der Waals surface area contributed by atoms with Gasteiger partial charge in [-0.1, -0.05) is 54.9 Å². The highest BCUT2D eigenvalue weighted by Gasteiger charge is 2.39. The molecule has 68 heavy (non-hydrogen) atoms. The molecule has 4 aliphatic rings. The Balaban J connectivity index is 0.757. The van der Waals surface area contributed by atoms with E-state index in [4.69, 9.17) is 27.1 Å². The lowest BCUT2D eigenvalue weighted by molar-refractivity contribution is -0.128. The van der Waals surface area contributed by atoms with Gasteiger partial charge in [-0.05, 0) is 85.4 Å². The zero-order valence-corrected chi connectivity index (χ0v) is 39.9. The van der Waals surface area contributed by atoms with Gasteiger partial charge in [-0.3, -0.25) is 19.3 Å². The van der Waals surface area contributed by atoms with Crippen molar-refractivity contribution in [3.05, 3.63) is 101 Å². The second-order valence-electron chi connectivity index (χ2n) is 18.9. The molecule has 0 aliphatic carbocycles. The van der Waals surface area contributed by atoms with E-state index in [1.807, 2.05) is 59.6 Å². The molecule has 4 saturated heterocycles. The first kappa shape index (κ1) is 47.6. The number of piperidine rings is 2. The number of rotatable bonds is 15. The van der Waals surface area contributed by atoms with Crippen LogP contribution in [0.25, 0.3) is 22.2 Å². The highest BCUT2D eigenvalue weighted by atomic mass is 35.5. The van der Waals surface area contributed by atoms with Crippen molar-refractivity contribution < 1.29 is 19.1 Å². The average molecular weight is 946 g/mol. The molecular formula is C51H65ClN12O4. The first-order valence-corrected chi connectivity index (χ1v) is 24.8. The lowest BCUT2D eigenvalue weighted by Crippen LogP contribution is -2.60. The number of hydrogen-bond donors (Lipinski definition) is 4. The molecule has 9 rings (SSSR count). The van der Waals surface area contributed by atoms with Gasteiger partial charge in [0.2, 0.25) is 11.8 Å². The molecule has 0 radical (unpaired) electrons. The second kappa shape index (κ2) is 21.9. The Labute approximate surface area is 403 Å². The van der Waals surface area contributed by atoms with E-state index in [0.29, 0.717) is 82.0 Å². The summed E-state index contributed by atoms with van der Waals surface area (Å²) in [6.07, 6.45) is 9.68. The Hall–Kier alpha value is -5.49. The molecule has 0 unspecified atom stereocenters. The van der Waals surface area contributed by atoms with Crippen molar-refractivity contribution in [3.63, 3.8) is 0 Å². The Morgan fingerprint density at radius 3 is 2.37 bits per heavy atom. The third-order valence-corrected chi connectivity index (χ3v) is 14.7. The Kier molecular flexibility index (Phi) is 15.3. The van der Waals surface area contributed by atoms with Crippen LogP contribution in [-0.2, 0) is 20.7 Å². The number of nitrogens with one attached hydrogen (secondary N) is 3. The van der Waals surface area contributed by atoms with Crippen molar-refractivity contribution in [2.75, 3.05) is 109 Å². The van der Waals surface area contributed by atoms with Crippen LogP contribution in [0.2, 0.25) is 5.02 Å². The van der Waals surface area contributed by atoms with Crippen LogP contribution in [-0.4, -0.2) is 161 Å². The van der Waals surface area contributed by atoms with E-state index in [1.54, 1.807) is 12.5 Å². The number of hydrogen-bond acceptors (Lipinski definition) is 12. The van der Waals surface area contributed by atoms with Gasteiger partial charge in [0.1, 0.15) is 17.8 Å². The van der Waals surface area contributed by atoms with E-state index in [0.717, 1.165) is 98.5 Å². The van der Waals surface area contributed by atoms with E-state index < -0.39 is 5.54 Å². The number of likely N-dealkylation sites (tertiary alicyclic amines) is 1. The van der Waals surface area contributed by atoms with Gasteiger partial charge in [0, 0.05) is 102 Å². The number of aromatic nitrogens is 4. The molecule has 17 heteroatoms. The largest absolute Gasteiger partial charge is 0.379 e. The number of aromatic amines is 1. The number of nitrogens with two attached hydrogens (primary N) is 1. The number of morpholine rings is 1. The third-order valence-electron chi connectivity index (χ3n) is 14.4. The number of fused-ring (bicyclic) bond motifs is 1. The average Bonchev–Trinajstić information content (AvgIpc) is 3.86. The molecule has 4 aliphatic heterocycles. The maximum Gasteiger partial charge on any atom is 0.274 e. The number of benzene rings is 2. The Morgan fingerprint density at radius 1 is 0.868 bits per heavy atom. The maximum atomic E-state index is 14.2. The number of H-pyrrole nitrogens is 1. The summed E-state index contributed by atoms with van der Waals surface area (Å²) >= 11 is 6.29. The lowest BCUT2D eigenvalue weighted by Gasteiger charge is -2.40. The fourth-order valence-corrected chi connectivity index (χ4v) is 10.3. The summed E-state index contributed by atoms with van der Waals surface area (Å²) in [6, 6.07) is 19.7. The predicted octanol–water partition coefficient (Wildman–Crippen LogP) is 5.22. The molecule has 3 aromatic heterocycles. The van der Waals surface area contributed by atoms with Crippen LogP contribution >= 0.6 is 11.6 Å². The molecule has 7 heterocycles. The number of pyridine rings is 1. The number of anilines is 2. The monoisotopic (exact) mass is 944 g/mol. The number of carbonyl (C=O) groups excluding carboxylic acids is 3. The molecule has 0 bridgehead atoms. The predicted molar refractivity (Wildman–Crippen MR) is 266 cm³/mol. The fourth-order valence-electron chi connectivity index (χ4n) is 10.1. The van der Waals surface area contributed by atoms with Gasteiger partial charge in [-0.25, -0.2) is 15.0 Å². The van der Waals surface area contributed by atoms with Crippen LogP contribution in [0.4, 0.5) is 11.5 Å². The molecule has 4 fully saturated rings. The van der Waals surface area contributed by atoms with Crippen LogP contribution in [0, 0.1) is 5.92 Å². The van der Waals surface area contributed by atoms with Gasteiger partial charge in [0.05, 0.1) is 42.4 Å². The Bertz CT molecular complexity index is 2510. The standard InChI is InChI=1S/C51H65ClN12O4/c1-2-36-4-3-5-39(30-36)40-31-44(58-45(65)34-62-26-28-68-29-27-62)46(55-32-40)49(66)64-18-11-37(12-19-64)33-61-24-22-60(23-25-61)17-13-43(38-6-8-41(52)9-7-38)59-50(67)51(53)14-20-63(21-15-51)48-42-10-16-54-47(42)56-35-57-48/h3-10,16,30-32,35,37,43H,2,11-15,17-29,33-34,53H2,1H3,(H,58,65)(H,59,67)(H,54,56,57)/t43-/m0/s1. The third kappa shape index (κ3) is 11.5. The number of amides is 3. The SMILES string of the molecule is CCc1cccc(-c2cnc(C(=O)N3CCC(CN4CCN(CC[C@H](NC(=O)C5(N)CCN(c6ncnc7[nH]ccc67)CC5)c5ccc(Cl)cc5)CC4)CC3)c(NC(=O)CN3CCOCC3)c2)c1. The summed E-state index contributed by atoms with van der Waals surface area (Å²) < 4.78 is 5.47. The second-order valence-corrected chi connectivity index (χ2v) is 19.4. The summed E-state index contributed by atoms with van der Waals surface area (Å²) in [7, 11) is 0. The molecule has 2 aromatic carbocycles. The van der Waals surface area contributed by atoms with Crippen molar-refractivity contribution in [1.82, 2.24) is 44.9 Å². The lowest BCUT2D eigenvalue weighted by atomic mass is 9.87. The molecule has 5 aromatic rings. The van der Waals surface area contributed by atoms with E-state index in [2.05, 4.69) is 64.2 Å². The van der Waals surface area contributed by atoms with Gasteiger partial charge in [0.25, 0.3) is 5.91 Å². The van der Waals surface area contributed by atoms with Crippen molar-refractivity contribution in [2.24, 2.45) is 11.7 Å². The molecular weight excluding hydrogens is 880 g/mol. The molecule has 3 amide bonds. The highest BCUT2D eigenvalue weighted by Crippen LogP contribution is 2.31. The molecule has 360 valence electrons. The fraction of sp³-hybridized carbons (Fsp3) is 0.490. The van der Waals surface area contributed by atoms with Crippen LogP contribution in [0.3, 0.4) is 0 Å². The van der Waals surface area contributed by atoms with Crippen molar-refractivity contribution in [3.8, 4) is 11.1 Å². The smallest absolute Gasteiger partial charge is 0.274 e. The minimum absolute atomic E-state index is 0.126. The van der Waals surface area contributed by atoms with Crippen molar-refractivity contribution >= 4 is 51.9 Å². The zero-order valence-electron chi connectivity index (χ0n) is 39.2. The molecule has 1 atom stereocenters. The molecule has 0 saturated carbocycles. The number of halogens is 1. The van der Waals surface area contributed by atoms with Gasteiger partial charge in [-0.15, -0.1) is 0 Å². The van der Waals surface area contributed by atoms with Gasteiger partial charge in [0.15, 0.2) is 5.69 Å². The van der Waals surface area contributed by atoms with Crippen LogP contribution in [0.5, 0.6) is 0 Å². The minimum Gasteiger partial charge on any atom is -0.379 e. The van der Waals surface area contributed by atoms with Crippen molar-refractivity contribution in [1.29, 1.82) is 0 Å². The number of carbonyl (C=O) groups is 3. The summed E-state index contributed by atoms with van der Waals surface area (Å²) in [5.41, 5.74) is 11.5. The van der Waals surface area contributed by atoms with Gasteiger partial charge < -0.3 is 45.7 Å². The molecule has 5 N–H and O–H groups in total. The van der Waals surface area contributed by atoms with Gasteiger partial charge in [-0.2, -0.15) is 0 Å². The number of piperazine rings is 1. The number of nitrogens with zero attached hydrogens (tertiary/aromatic N) is 8. The van der Waals surface area contributed by atoms with E-state index in [9.17, 15) is 14.4 Å². The molecule has 16 nitrogen and oxygen atoms in total. The van der Waals surface area contributed by atoms with E-state index in [1.165, 1.54) is 5.56 Å². The number of aryl methyl sites for hydroxylation is 1. The van der Waals surface area contributed by atoms with Crippen LogP contribution in [0.15, 0.2) is 79.4 Å². The minimum atomic E-state index is -0.992. The summed E-state index contributed by atoms with van der Waals surface area (Å²) in [5, 5.41) is 8.04. The van der Waals surface area contributed by atoms with Crippen LogP contribution in [0.1, 0.15) is 66.7 Å². The first-order chi connectivity index (χ1) is 33.1.